The summed E-state index contributed by atoms with van der Waals surface area (Å²) in [5.41, 5.74) is 0.639. The average molecular weight is 390 g/mol. The van der Waals surface area contributed by atoms with Crippen molar-refractivity contribution in [3.63, 3.8) is 0 Å². The molecular weight excluding hydrogens is 368 g/mol. The topological polar surface area (TPSA) is 92.8 Å². The second kappa shape index (κ2) is 8.56. The molecule has 1 aliphatic heterocycles. The third-order valence-electron chi connectivity index (χ3n) is 4.96. The standard InChI is InChI=1S/C19H22N2O5S/c1-27-15-9-5-4-8-14(15)20-16(22)11-26-17(23)10-21-18(24)12-6-2-3-7-13(12)19(21)25/h4-5,8-9,12-13H,2-3,6-7,10-11H2,1H3,(H,20,22)/t12-,13-/m1/s1. The van der Waals surface area contributed by atoms with Crippen molar-refractivity contribution in [1.29, 1.82) is 0 Å². The maximum absolute atomic E-state index is 12.4. The third kappa shape index (κ3) is 4.32. The number of thioether (sulfide) groups is 1. The van der Waals surface area contributed by atoms with Gasteiger partial charge in [0.05, 0.1) is 17.5 Å². The Morgan fingerprint density at radius 1 is 1.15 bits per heavy atom. The Kier molecular flexibility index (Phi) is 6.15. The second-order valence-electron chi connectivity index (χ2n) is 6.67. The van der Waals surface area contributed by atoms with Crippen LogP contribution in [0.2, 0.25) is 0 Å². The number of rotatable bonds is 6. The minimum atomic E-state index is -0.761. The number of carbonyl (C=O) groups is 4. The lowest BCUT2D eigenvalue weighted by atomic mass is 9.81. The summed E-state index contributed by atoms with van der Waals surface area (Å²) in [6.07, 6.45) is 5.13. The van der Waals surface area contributed by atoms with Crippen molar-refractivity contribution < 1.29 is 23.9 Å². The summed E-state index contributed by atoms with van der Waals surface area (Å²) in [6, 6.07) is 7.29. The normalized spacial score (nSPS) is 21.7. The molecule has 7 nitrogen and oxygen atoms in total. The fourth-order valence-corrected chi connectivity index (χ4v) is 4.20. The zero-order chi connectivity index (χ0) is 19.4. The average Bonchev–Trinajstić information content (AvgIpc) is 2.92. The summed E-state index contributed by atoms with van der Waals surface area (Å²) in [7, 11) is 0. The van der Waals surface area contributed by atoms with E-state index in [1.54, 1.807) is 12.1 Å². The second-order valence-corrected chi connectivity index (χ2v) is 7.52. The highest BCUT2D eigenvalue weighted by atomic mass is 32.2. The van der Waals surface area contributed by atoms with Gasteiger partial charge in [-0.05, 0) is 31.2 Å². The molecule has 3 rings (SSSR count). The molecule has 27 heavy (non-hydrogen) atoms. The molecule has 2 aliphatic rings. The number of fused-ring (bicyclic) bond motifs is 1. The van der Waals surface area contributed by atoms with E-state index in [0.29, 0.717) is 18.5 Å². The number of imide groups is 1. The van der Waals surface area contributed by atoms with Gasteiger partial charge in [0.15, 0.2) is 6.61 Å². The van der Waals surface area contributed by atoms with E-state index in [0.717, 1.165) is 22.6 Å². The number of carbonyl (C=O) groups excluding carboxylic acids is 4. The first kappa shape index (κ1) is 19.4. The van der Waals surface area contributed by atoms with Crippen molar-refractivity contribution in [2.24, 2.45) is 11.8 Å². The molecule has 1 aliphatic carbocycles. The summed E-state index contributed by atoms with van der Waals surface area (Å²) in [6.45, 7) is -0.899. The van der Waals surface area contributed by atoms with Crippen LogP contribution in [0.15, 0.2) is 29.2 Å². The molecule has 0 unspecified atom stereocenters. The molecule has 2 atom stereocenters. The van der Waals surface area contributed by atoms with Gasteiger partial charge in [-0.2, -0.15) is 0 Å². The number of ether oxygens (including phenoxy) is 1. The zero-order valence-electron chi connectivity index (χ0n) is 15.1. The van der Waals surface area contributed by atoms with E-state index < -0.39 is 25.0 Å². The number of nitrogens with zero attached hydrogens (tertiary/aromatic N) is 1. The van der Waals surface area contributed by atoms with Crippen LogP contribution in [0.5, 0.6) is 0 Å². The maximum Gasteiger partial charge on any atom is 0.326 e. The summed E-state index contributed by atoms with van der Waals surface area (Å²) in [5, 5.41) is 2.68. The third-order valence-corrected chi connectivity index (χ3v) is 5.76. The summed E-state index contributed by atoms with van der Waals surface area (Å²) in [4.78, 5) is 50.6. The number of likely N-dealkylation sites (tertiary alicyclic amines) is 1. The van der Waals surface area contributed by atoms with Crippen LogP contribution in [-0.4, -0.2) is 48.0 Å². The predicted octanol–water partition coefficient (Wildman–Crippen LogP) is 2.07. The number of amides is 3. The molecule has 0 bridgehead atoms. The summed E-state index contributed by atoms with van der Waals surface area (Å²) >= 11 is 1.49. The fourth-order valence-electron chi connectivity index (χ4n) is 3.64. The van der Waals surface area contributed by atoms with Crippen LogP contribution >= 0.6 is 11.8 Å². The summed E-state index contributed by atoms with van der Waals surface area (Å²) in [5.74, 6) is -2.42. The van der Waals surface area contributed by atoms with Crippen molar-refractivity contribution in [3.05, 3.63) is 24.3 Å². The molecule has 144 valence electrons. The van der Waals surface area contributed by atoms with Crippen LogP contribution in [0.25, 0.3) is 0 Å². The zero-order valence-corrected chi connectivity index (χ0v) is 15.9. The number of nitrogens with one attached hydrogen (secondary N) is 1. The van der Waals surface area contributed by atoms with Crippen LogP contribution in [0.1, 0.15) is 25.7 Å². The molecule has 1 heterocycles. The first-order valence-corrected chi connectivity index (χ1v) is 10.2. The number of benzene rings is 1. The van der Waals surface area contributed by atoms with Crippen LogP contribution in [0.3, 0.4) is 0 Å². The molecule has 1 aromatic rings. The van der Waals surface area contributed by atoms with Gasteiger partial charge >= 0.3 is 5.97 Å². The van der Waals surface area contributed by atoms with Crippen LogP contribution < -0.4 is 5.32 Å². The lowest BCUT2D eigenvalue weighted by Gasteiger charge is -2.19. The smallest absolute Gasteiger partial charge is 0.326 e. The fraction of sp³-hybridized carbons (Fsp3) is 0.474. The van der Waals surface area contributed by atoms with Crippen molar-refractivity contribution >= 4 is 41.1 Å². The van der Waals surface area contributed by atoms with Crippen molar-refractivity contribution in [3.8, 4) is 0 Å². The molecular formula is C19H22N2O5S. The van der Waals surface area contributed by atoms with Crippen LogP contribution in [0.4, 0.5) is 5.69 Å². The minimum absolute atomic E-state index is 0.292. The molecule has 0 aromatic heterocycles. The van der Waals surface area contributed by atoms with E-state index >= 15 is 0 Å². The lowest BCUT2D eigenvalue weighted by molar-refractivity contribution is -0.154. The molecule has 1 saturated heterocycles. The number of hydrogen-bond acceptors (Lipinski definition) is 6. The van der Waals surface area contributed by atoms with Gasteiger partial charge in [-0.1, -0.05) is 25.0 Å². The van der Waals surface area contributed by atoms with E-state index in [1.165, 1.54) is 11.8 Å². The van der Waals surface area contributed by atoms with E-state index in [4.69, 9.17) is 4.74 Å². The Hall–Kier alpha value is -2.35. The number of para-hydroxylation sites is 1. The van der Waals surface area contributed by atoms with E-state index in [9.17, 15) is 19.2 Å². The van der Waals surface area contributed by atoms with Gasteiger partial charge in [0.1, 0.15) is 6.54 Å². The molecule has 0 spiro atoms. The van der Waals surface area contributed by atoms with Gasteiger partial charge in [-0.3, -0.25) is 24.1 Å². The lowest BCUT2D eigenvalue weighted by Crippen LogP contribution is -2.37. The Bertz CT molecular complexity index is 742. The predicted molar refractivity (Wildman–Crippen MR) is 100.0 cm³/mol. The molecule has 2 fully saturated rings. The first-order valence-electron chi connectivity index (χ1n) is 8.95. The van der Waals surface area contributed by atoms with Gasteiger partial charge in [0, 0.05) is 4.90 Å². The van der Waals surface area contributed by atoms with E-state index in [2.05, 4.69) is 5.32 Å². The Labute approximate surface area is 161 Å². The monoisotopic (exact) mass is 390 g/mol. The van der Waals surface area contributed by atoms with Crippen molar-refractivity contribution in [1.82, 2.24) is 4.90 Å². The van der Waals surface area contributed by atoms with Gasteiger partial charge in [-0.15, -0.1) is 11.8 Å². The Balaban J connectivity index is 1.50. The first-order chi connectivity index (χ1) is 13.0. The highest BCUT2D eigenvalue weighted by molar-refractivity contribution is 7.98. The quantitative estimate of drug-likeness (QED) is 0.454. The Morgan fingerprint density at radius 2 is 1.78 bits per heavy atom. The SMILES string of the molecule is CSc1ccccc1NC(=O)COC(=O)CN1C(=O)[C@@H]2CCCC[C@H]2C1=O. The van der Waals surface area contributed by atoms with Crippen LogP contribution in [-0.2, 0) is 23.9 Å². The van der Waals surface area contributed by atoms with Gasteiger partial charge in [0.2, 0.25) is 11.8 Å². The highest BCUT2D eigenvalue weighted by Gasteiger charge is 2.48. The molecule has 0 radical (unpaired) electrons. The van der Waals surface area contributed by atoms with Gasteiger partial charge in [0.25, 0.3) is 5.91 Å². The van der Waals surface area contributed by atoms with E-state index in [-0.39, 0.29) is 23.7 Å². The molecule has 1 N–H and O–H groups in total. The molecule has 3 amide bonds. The maximum atomic E-state index is 12.4. The van der Waals surface area contributed by atoms with Gasteiger partial charge < -0.3 is 10.1 Å². The number of esters is 1. The number of anilines is 1. The largest absolute Gasteiger partial charge is 0.454 e. The summed E-state index contributed by atoms with van der Waals surface area (Å²) < 4.78 is 4.96. The molecule has 8 heteroatoms. The molecule has 1 aromatic carbocycles. The number of hydrogen-bond donors (Lipinski definition) is 1. The van der Waals surface area contributed by atoms with Crippen molar-refractivity contribution in [2.45, 2.75) is 30.6 Å². The van der Waals surface area contributed by atoms with Crippen LogP contribution in [0, 0.1) is 11.8 Å². The Morgan fingerprint density at radius 3 is 2.41 bits per heavy atom. The highest BCUT2D eigenvalue weighted by Crippen LogP contribution is 2.37. The minimum Gasteiger partial charge on any atom is -0.454 e. The molecule has 1 saturated carbocycles. The van der Waals surface area contributed by atoms with E-state index in [1.807, 2.05) is 18.4 Å². The van der Waals surface area contributed by atoms with Gasteiger partial charge in [-0.25, -0.2) is 0 Å². The van der Waals surface area contributed by atoms with Crippen molar-refractivity contribution in [2.75, 3.05) is 24.7 Å².